The van der Waals surface area contributed by atoms with Crippen LogP contribution in [0, 0.1) is 0 Å². The van der Waals surface area contributed by atoms with Gasteiger partial charge in [0.15, 0.2) is 5.82 Å². The second kappa shape index (κ2) is 4.88. The fourth-order valence-electron chi connectivity index (χ4n) is 1.39. The molecule has 1 aromatic heterocycles. The van der Waals surface area contributed by atoms with Crippen molar-refractivity contribution in [2.45, 2.75) is 25.7 Å². The highest BCUT2D eigenvalue weighted by atomic mass is 16.5. The molecule has 1 aliphatic carbocycles. The molecule has 4 heteroatoms. The zero-order chi connectivity index (χ0) is 11.4. The monoisotopic (exact) mass is 218 g/mol. The van der Waals surface area contributed by atoms with Gasteiger partial charge < -0.3 is 4.74 Å². The minimum Gasteiger partial charge on any atom is -0.463 e. The maximum absolute atomic E-state index is 11.0. The zero-order valence-corrected chi connectivity index (χ0v) is 9.22. The first-order chi connectivity index (χ1) is 7.79. The molecule has 16 heavy (non-hydrogen) atoms. The fourth-order valence-corrected chi connectivity index (χ4v) is 1.39. The van der Waals surface area contributed by atoms with Crippen LogP contribution in [0.2, 0.25) is 0 Å². The number of rotatable bonds is 4. The van der Waals surface area contributed by atoms with E-state index in [0.717, 1.165) is 0 Å². The molecule has 0 saturated heterocycles. The summed E-state index contributed by atoms with van der Waals surface area (Å²) in [6, 6.07) is 0. The normalized spacial score (nSPS) is 15.3. The highest BCUT2D eigenvalue weighted by molar-refractivity contribution is 5.86. The van der Waals surface area contributed by atoms with Crippen molar-refractivity contribution in [1.29, 1.82) is 0 Å². The fraction of sp³-hybridized carbons (Fsp3) is 0.417. The van der Waals surface area contributed by atoms with Crippen LogP contribution >= 0.6 is 0 Å². The van der Waals surface area contributed by atoms with Crippen LogP contribution in [0.3, 0.4) is 0 Å². The summed E-state index contributed by atoms with van der Waals surface area (Å²) < 4.78 is 4.75. The van der Waals surface area contributed by atoms with Gasteiger partial charge in [0.2, 0.25) is 0 Å². The molecule has 1 aliphatic rings. The second-order valence-electron chi connectivity index (χ2n) is 3.73. The first kappa shape index (κ1) is 10.8. The van der Waals surface area contributed by atoms with E-state index >= 15 is 0 Å². The molecule has 0 unspecified atom stereocenters. The van der Waals surface area contributed by atoms with Gasteiger partial charge in [-0.1, -0.05) is 0 Å². The molecular formula is C12H14N2O2. The van der Waals surface area contributed by atoms with Gasteiger partial charge in [-0.05, 0) is 37.3 Å². The predicted molar refractivity (Wildman–Crippen MR) is 59.7 cm³/mol. The summed E-state index contributed by atoms with van der Waals surface area (Å²) >= 11 is 0. The van der Waals surface area contributed by atoms with Crippen LogP contribution in [0.15, 0.2) is 18.5 Å². The molecule has 1 aromatic rings. The van der Waals surface area contributed by atoms with Crippen molar-refractivity contribution in [2.24, 2.45) is 0 Å². The van der Waals surface area contributed by atoms with Crippen LogP contribution in [0.4, 0.5) is 0 Å². The number of nitrogens with zero attached hydrogens (tertiary/aromatic N) is 2. The smallest absolute Gasteiger partial charge is 0.330 e. The van der Waals surface area contributed by atoms with Crippen LogP contribution < -0.4 is 0 Å². The van der Waals surface area contributed by atoms with Crippen molar-refractivity contribution in [2.75, 3.05) is 6.61 Å². The van der Waals surface area contributed by atoms with Crippen molar-refractivity contribution >= 4 is 12.0 Å². The third kappa shape index (κ3) is 2.89. The lowest BCUT2D eigenvalue weighted by atomic mass is 10.2. The van der Waals surface area contributed by atoms with Crippen LogP contribution in [-0.2, 0) is 9.53 Å². The number of carbonyl (C=O) groups excluding carboxylic acids is 1. The maximum Gasteiger partial charge on any atom is 0.330 e. The summed E-state index contributed by atoms with van der Waals surface area (Å²) in [5, 5.41) is 0. The van der Waals surface area contributed by atoms with Crippen molar-refractivity contribution in [3.63, 3.8) is 0 Å². The minimum atomic E-state index is -0.364. The molecule has 0 aliphatic heterocycles. The van der Waals surface area contributed by atoms with E-state index in [-0.39, 0.29) is 5.97 Å². The molecule has 0 bridgehead atoms. The van der Waals surface area contributed by atoms with E-state index < -0.39 is 0 Å². The van der Waals surface area contributed by atoms with E-state index in [0.29, 0.717) is 18.3 Å². The number of hydrogen-bond donors (Lipinski definition) is 0. The maximum atomic E-state index is 11.0. The van der Waals surface area contributed by atoms with E-state index in [1.165, 1.54) is 24.5 Å². The third-order valence-electron chi connectivity index (χ3n) is 2.40. The molecule has 0 spiro atoms. The Morgan fingerprint density at radius 3 is 2.75 bits per heavy atom. The number of aromatic nitrogens is 2. The average molecular weight is 218 g/mol. The molecular weight excluding hydrogens is 204 g/mol. The van der Waals surface area contributed by atoms with Gasteiger partial charge in [0.1, 0.15) is 0 Å². The van der Waals surface area contributed by atoms with Crippen molar-refractivity contribution in [3.05, 3.63) is 29.9 Å². The SMILES string of the molecule is CCOC(=O)/C=C/c1ncc(C2CC2)cn1. The van der Waals surface area contributed by atoms with Gasteiger partial charge in [0.25, 0.3) is 0 Å². The summed E-state index contributed by atoms with van der Waals surface area (Å²) in [5.74, 6) is 0.831. The Morgan fingerprint density at radius 2 is 2.19 bits per heavy atom. The average Bonchev–Trinajstić information content (AvgIpc) is 3.11. The molecule has 0 N–H and O–H groups in total. The molecule has 1 fully saturated rings. The van der Waals surface area contributed by atoms with Crippen molar-refractivity contribution in [1.82, 2.24) is 9.97 Å². The first-order valence-electron chi connectivity index (χ1n) is 5.46. The Morgan fingerprint density at radius 1 is 1.50 bits per heavy atom. The van der Waals surface area contributed by atoms with Gasteiger partial charge in [-0.3, -0.25) is 0 Å². The molecule has 1 heterocycles. The molecule has 0 radical (unpaired) electrons. The topological polar surface area (TPSA) is 52.1 Å². The standard InChI is InChI=1S/C12H14N2O2/c1-2-16-12(15)6-5-11-13-7-10(8-14-11)9-3-4-9/h5-9H,2-4H2,1H3/b6-5+. The first-order valence-corrected chi connectivity index (χ1v) is 5.46. The van der Waals surface area contributed by atoms with E-state index in [1.54, 1.807) is 13.0 Å². The largest absolute Gasteiger partial charge is 0.463 e. The summed E-state index contributed by atoms with van der Waals surface area (Å²) in [5.41, 5.74) is 1.19. The van der Waals surface area contributed by atoms with E-state index in [9.17, 15) is 4.79 Å². The summed E-state index contributed by atoms with van der Waals surface area (Å²) in [7, 11) is 0. The highest BCUT2D eigenvalue weighted by Crippen LogP contribution is 2.39. The van der Waals surface area contributed by atoms with E-state index in [1.807, 2.05) is 12.4 Å². The van der Waals surface area contributed by atoms with Crippen LogP contribution in [0.1, 0.15) is 37.1 Å². The van der Waals surface area contributed by atoms with Crippen LogP contribution in [-0.4, -0.2) is 22.5 Å². The van der Waals surface area contributed by atoms with Gasteiger partial charge >= 0.3 is 5.97 Å². The molecule has 0 atom stereocenters. The van der Waals surface area contributed by atoms with Gasteiger partial charge in [-0.15, -0.1) is 0 Å². The molecule has 1 saturated carbocycles. The summed E-state index contributed by atoms with van der Waals surface area (Å²) in [6.07, 6.45) is 9.04. The Bertz CT molecular complexity index is 394. The minimum absolute atomic E-state index is 0.364. The molecule has 0 amide bonds. The third-order valence-corrected chi connectivity index (χ3v) is 2.40. The lowest BCUT2D eigenvalue weighted by Gasteiger charge is -1.97. The zero-order valence-electron chi connectivity index (χ0n) is 9.22. The predicted octanol–water partition coefficient (Wildman–Crippen LogP) is 1.93. The summed E-state index contributed by atoms with van der Waals surface area (Å²) in [4.78, 5) is 19.4. The molecule has 4 nitrogen and oxygen atoms in total. The van der Waals surface area contributed by atoms with Crippen LogP contribution in [0.25, 0.3) is 6.08 Å². The van der Waals surface area contributed by atoms with Crippen molar-refractivity contribution in [3.8, 4) is 0 Å². The number of esters is 1. The molecule has 0 aromatic carbocycles. The number of hydrogen-bond acceptors (Lipinski definition) is 4. The lowest BCUT2D eigenvalue weighted by Crippen LogP contribution is -1.99. The Kier molecular flexibility index (Phi) is 3.29. The van der Waals surface area contributed by atoms with Crippen LogP contribution in [0.5, 0.6) is 0 Å². The lowest BCUT2D eigenvalue weighted by molar-refractivity contribution is -0.137. The van der Waals surface area contributed by atoms with E-state index in [4.69, 9.17) is 4.74 Å². The Hall–Kier alpha value is -1.71. The van der Waals surface area contributed by atoms with Gasteiger partial charge in [0, 0.05) is 18.5 Å². The van der Waals surface area contributed by atoms with Gasteiger partial charge in [-0.25, -0.2) is 14.8 Å². The van der Waals surface area contributed by atoms with Crippen molar-refractivity contribution < 1.29 is 9.53 Å². The highest BCUT2D eigenvalue weighted by Gasteiger charge is 2.23. The van der Waals surface area contributed by atoms with Gasteiger partial charge in [0.05, 0.1) is 6.61 Å². The summed E-state index contributed by atoms with van der Waals surface area (Å²) in [6.45, 7) is 2.15. The quantitative estimate of drug-likeness (QED) is 0.572. The van der Waals surface area contributed by atoms with Gasteiger partial charge in [-0.2, -0.15) is 0 Å². The molecule has 84 valence electrons. The Balaban J connectivity index is 1.96. The number of ether oxygens (including phenoxy) is 1. The number of carbonyl (C=O) groups is 1. The molecule has 2 rings (SSSR count). The van der Waals surface area contributed by atoms with E-state index in [2.05, 4.69) is 9.97 Å². The Labute approximate surface area is 94.4 Å². The second-order valence-corrected chi connectivity index (χ2v) is 3.73.